The molecular weight excluding hydrogens is 311 g/mol. The molecule has 0 bridgehead atoms. The Labute approximate surface area is 135 Å². The number of hydrogen-bond acceptors (Lipinski definition) is 3. The standard InChI is InChI=1S/C15H20Cl2N2O2/c1-21-11-15(20)19-8-6-18(7-9-19)5-4-12-2-3-13(16)14(17)10-12/h2-3,10H,4-9,11H2,1H3. The van der Waals surface area contributed by atoms with Gasteiger partial charge in [-0.15, -0.1) is 0 Å². The fraction of sp³-hybridized carbons (Fsp3) is 0.533. The van der Waals surface area contributed by atoms with Crippen LogP contribution in [0.15, 0.2) is 18.2 Å². The average molecular weight is 331 g/mol. The molecular formula is C15H20Cl2N2O2. The summed E-state index contributed by atoms with van der Waals surface area (Å²) >= 11 is 11.9. The number of piperazine rings is 1. The monoisotopic (exact) mass is 330 g/mol. The van der Waals surface area contributed by atoms with Crippen LogP contribution >= 0.6 is 23.2 Å². The molecule has 0 unspecified atom stereocenters. The second kappa shape index (κ2) is 7.99. The van der Waals surface area contributed by atoms with Crippen molar-refractivity contribution in [3.63, 3.8) is 0 Å². The number of hydrogen-bond donors (Lipinski definition) is 0. The van der Waals surface area contributed by atoms with Crippen molar-refractivity contribution >= 4 is 29.1 Å². The van der Waals surface area contributed by atoms with E-state index in [-0.39, 0.29) is 12.5 Å². The van der Waals surface area contributed by atoms with Crippen LogP contribution in [-0.2, 0) is 16.0 Å². The molecule has 1 fully saturated rings. The first kappa shape index (κ1) is 16.6. The molecule has 1 aliphatic rings. The number of methoxy groups -OCH3 is 1. The highest BCUT2D eigenvalue weighted by Crippen LogP contribution is 2.22. The van der Waals surface area contributed by atoms with E-state index in [2.05, 4.69) is 4.90 Å². The molecule has 1 aromatic carbocycles. The lowest BCUT2D eigenvalue weighted by Gasteiger charge is -2.34. The Bertz CT molecular complexity index is 489. The van der Waals surface area contributed by atoms with E-state index in [0.29, 0.717) is 10.0 Å². The van der Waals surface area contributed by atoms with Gasteiger partial charge < -0.3 is 9.64 Å². The van der Waals surface area contributed by atoms with Crippen LogP contribution in [0.2, 0.25) is 10.0 Å². The smallest absolute Gasteiger partial charge is 0.248 e. The van der Waals surface area contributed by atoms with Crippen molar-refractivity contribution in [2.45, 2.75) is 6.42 Å². The van der Waals surface area contributed by atoms with Gasteiger partial charge in [0, 0.05) is 39.8 Å². The summed E-state index contributed by atoms with van der Waals surface area (Å²) in [5.41, 5.74) is 1.18. The van der Waals surface area contributed by atoms with Crippen molar-refractivity contribution in [1.82, 2.24) is 9.80 Å². The summed E-state index contributed by atoms with van der Waals surface area (Å²) in [6.07, 6.45) is 0.933. The molecule has 0 aromatic heterocycles. The van der Waals surface area contributed by atoms with Crippen molar-refractivity contribution in [2.75, 3.05) is 46.4 Å². The number of halogens is 2. The largest absolute Gasteiger partial charge is 0.375 e. The van der Waals surface area contributed by atoms with Gasteiger partial charge in [-0.3, -0.25) is 9.69 Å². The van der Waals surface area contributed by atoms with Crippen LogP contribution in [0.25, 0.3) is 0 Å². The lowest BCUT2D eigenvalue weighted by Crippen LogP contribution is -2.50. The summed E-state index contributed by atoms with van der Waals surface area (Å²) in [5, 5.41) is 1.19. The second-order valence-corrected chi connectivity index (χ2v) is 5.97. The zero-order valence-electron chi connectivity index (χ0n) is 12.1. The number of carbonyl (C=O) groups excluding carboxylic acids is 1. The molecule has 0 saturated carbocycles. The summed E-state index contributed by atoms with van der Waals surface area (Å²) in [6, 6.07) is 5.76. The molecule has 0 N–H and O–H groups in total. The van der Waals surface area contributed by atoms with Crippen LogP contribution in [-0.4, -0.2) is 62.1 Å². The predicted molar refractivity (Wildman–Crippen MR) is 85.1 cm³/mol. The first-order valence-electron chi connectivity index (χ1n) is 7.03. The minimum absolute atomic E-state index is 0.0710. The first-order valence-corrected chi connectivity index (χ1v) is 7.78. The molecule has 0 spiro atoms. The maximum absolute atomic E-state index is 11.7. The summed E-state index contributed by atoms with van der Waals surface area (Å²) in [6.45, 7) is 4.47. The molecule has 0 radical (unpaired) electrons. The van der Waals surface area contributed by atoms with E-state index in [1.165, 1.54) is 5.56 Å². The van der Waals surface area contributed by atoms with Crippen molar-refractivity contribution in [1.29, 1.82) is 0 Å². The summed E-state index contributed by atoms with van der Waals surface area (Å²) in [4.78, 5) is 15.9. The Morgan fingerprint density at radius 3 is 2.52 bits per heavy atom. The fourth-order valence-electron chi connectivity index (χ4n) is 2.42. The Kier molecular flexibility index (Phi) is 6.30. The number of amides is 1. The van der Waals surface area contributed by atoms with Crippen LogP contribution in [0.5, 0.6) is 0 Å². The van der Waals surface area contributed by atoms with Gasteiger partial charge in [-0.1, -0.05) is 29.3 Å². The molecule has 1 amide bonds. The molecule has 0 aliphatic carbocycles. The van der Waals surface area contributed by atoms with E-state index in [0.717, 1.165) is 39.1 Å². The Morgan fingerprint density at radius 1 is 1.19 bits per heavy atom. The van der Waals surface area contributed by atoms with Crippen LogP contribution in [0.4, 0.5) is 0 Å². The van der Waals surface area contributed by atoms with Gasteiger partial charge in [0.25, 0.3) is 0 Å². The van der Waals surface area contributed by atoms with Crippen molar-refractivity contribution in [2.24, 2.45) is 0 Å². The van der Waals surface area contributed by atoms with Gasteiger partial charge in [-0.2, -0.15) is 0 Å². The van der Waals surface area contributed by atoms with E-state index >= 15 is 0 Å². The van der Waals surface area contributed by atoms with Crippen molar-refractivity contribution in [3.8, 4) is 0 Å². The molecule has 0 atom stereocenters. The van der Waals surface area contributed by atoms with E-state index in [4.69, 9.17) is 27.9 Å². The summed E-state index contributed by atoms with van der Waals surface area (Å²) < 4.78 is 4.88. The van der Waals surface area contributed by atoms with Crippen LogP contribution < -0.4 is 0 Å². The molecule has 2 rings (SSSR count). The summed E-state index contributed by atoms with van der Waals surface area (Å²) in [5.74, 6) is 0.0710. The fourth-order valence-corrected chi connectivity index (χ4v) is 2.74. The number of rotatable bonds is 5. The number of carbonyl (C=O) groups is 1. The van der Waals surface area contributed by atoms with Crippen LogP contribution in [0, 0.1) is 0 Å². The third kappa shape index (κ3) is 4.85. The van der Waals surface area contributed by atoms with E-state index in [9.17, 15) is 4.79 Å². The van der Waals surface area contributed by atoms with Crippen LogP contribution in [0.3, 0.4) is 0 Å². The molecule has 1 aromatic rings. The highest BCUT2D eigenvalue weighted by atomic mass is 35.5. The van der Waals surface area contributed by atoms with Crippen molar-refractivity contribution < 1.29 is 9.53 Å². The number of ether oxygens (including phenoxy) is 1. The molecule has 116 valence electrons. The quantitative estimate of drug-likeness (QED) is 0.830. The van der Waals surface area contributed by atoms with Gasteiger partial charge in [0.15, 0.2) is 0 Å². The zero-order valence-corrected chi connectivity index (χ0v) is 13.7. The van der Waals surface area contributed by atoms with E-state index in [1.807, 2.05) is 23.1 Å². The van der Waals surface area contributed by atoms with Gasteiger partial charge in [0.05, 0.1) is 10.0 Å². The van der Waals surface area contributed by atoms with E-state index < -0.39 is 0 Å². The number of benzene rings is 1. The van der Waals surface area contributed by atoms with Gasteiger partial charge in [-0.05, 0) is 24.1 Å². The SMILES string of the molecule is COCC(=O)N1CCN(CCc2ccc(Cl)c(Cl)c2)CC1. The molecule has 21 heavy (non-hydrogen) atoms. The Balaban J connectivity index is 1.76. The maximum Gasteiger partial charge on any atom is 0.248 e. The predicted octanol–water partition coefficient (Wildman–Crippen LogP) is 2.33. The topological polar surface area (TPSA) is 32.8 Å². The van der Waals surface area contributed by atoms with Crippen LogP contribution in [0.1, 0.15) is 5.56 Å². The average Bonchev–Trinajstić information content (AvgIpc) is 2.49. The molecule has 1 saturated heterocycles. The minimum atomic E-state index is 0.0710. The summed E-state index contributed by atoms with van der Waals surface area (Å²) in [7, 11) is 1.55. The van der Waals surface area contributed by atoms with Gasteiger partial charge in [0.2, 0.25) is 5.91 Å². The van der Waals surface area contributed by atoms with Gasteiger partial charge >= 0.3 is 0 Å². The lowest BCUT2D eigenvalue weighted by molar-refractivity contribution is -0.136. The Hall–Kier alpha value is -0.810. The first-order chi connectivity index (χ1) is 10.1. The normalized spacial score (nSPS) is 16.2. The van der Waals surface area contributed by atoms with E-state index in [1.54, 1.807) is 7.11 Å². The molecule has 6 heteroatoms. The molecule has 4 nitrogen and oxygen atoms in total. The van der Waals surface area contributed by atoms with Gasteiger partial charge in [0.1, 0.15) is 6.61 Å². The second-order valence-electron chi connectivity index (χ2n) is 5.15. The Morgan fingerprint density at radius 2 is 1.90 bits per heavy atom. The molecule has 1 heterocycles. The highest BCUT2D eigenvalue weighted by molar-refractivity contribution is 6.42. The highest BCUT2D eigenvalue weighted by Gasteiger charge is 2.20. The van der Waals surface area contributed by atoms with Gasteiger partial charge in [-0.25, -0.2) is 0 Å². The van der Waals surface area contributed by atoms with Crippen molar-refractivity contribution in [3.05, 3.63) is 33.8 Å². The third-order valence-electron chi connectivity index (χ3n) is 3.69. The zero-order chi connectivity index (χ0) is 15.2. The maximum atomic E-state index is 11.7. The minimum Gasteiger partial charge on any atom is -0.375 e. The lowest BCUT2D eigenvalue weighted by atomic mass is 10.1. The molecule has 1 aliphatic heterocycles. The number of nitrogens with zero attached hydrogens (tertiary/aromatic N) is 2. The third-order valence-corrected chi connectivity index (χ3v) is 4.43.